The number of rotatable bonds is 3. The van der Waals surface area contributed by atoms with Crippen LogP contribution in [0.5, 0.6) is 0 Å². The van der Waals surface area contributed by atoms with Gasteiger partial charge in [0.15, 0.2) is 5.96 Å². The summed E-state index contributed by atoms with van der Waals surface area (Å²) in [7, 11) is 2.00. The lowest BCUT2D eigenvalue weighted by atomic mass is 9.98. The third kappa shape index (κ3) is 2.73. The topological polar surface area (TPSA) is 77.0 Å². The minimum atomic E-state index is -0.674. The number of benzene rings is 1. The van der Waals surface area contributed by atoms with Crippen molar-refractivity contribution in [2.45, 2.75) is 37.8 Å². The molecule has 0 aromatic heterocycles. The summed E-state index contributed by atoms with van der Waals surface area (Å²) >= 11 is 0. The lowest BCUT2D eigenvalue weighted by Gasteiger charge is -2.20. The van der Waals surface area contributed by atoms with Gasteiger partial charge in [0.2, 0.25) is 0 Å². The molecule has 1 spiro atoms. The minimum absolute atomic E-state index is 0.111. The molecule has 25 heavy (non-hydrogen) atoms. The molecule has 1 aliphatic carbocycles. The fourth-order valence-corrected chi connectivity index (χ4v) is 3.88. The van der Waals surface area contributed by atoms with Crippen LogP contribution in [-0.4, -0.2) is 48.5 Å². The van der Waals surface area contributed by atoms with Crippen molar-refractivity contribution in [3.63, 3.8) is 0 Å². The summed E-state index contributed by atoms with van der Waals surface area (Å²) in [6, 6.07) is 7.27. The third-order valence-corrected chi connectivity index (χ3v) is 5.30. The van der Waals surface area contributed by atoms with E-state index in [-0.39, 0.29) is 11.9 Å². The van der Waals surface area contributed by atoms with Gasteiger partial charge in [-0.15, -0.1) is 0 Å². The smallest absolute Gasteiger partial charge is 0.329 e. The van der Waals surface area contributed by atoms with Crippen LogP contribution < -0.4 is 15.5 Å². The van der Waals surface area contributed by atoms with Crippen LogP contribution in [0, 0.1) is 0 Å². The molecule has 0 radical (unpaired) electrons. The Labute approximate surface area is 147 Å². The molecule has 2 fully saturated rings. The van der Waals surface area contributed by atoms with Crippen molar-refractivity contribution in [1.82, 2.24) is 15.5 Å². The molecule has 2 aliphatic heterocycles. The highest BCUT2D eigenvalue weighted by Gasteiger charge is 2.52. The third-order valence-electron chi connectivity index (χ3n) is 5.30. The second kappa shape index (κ2) is 6.06. The molecule has 0 unspecified atom stereocenters. The molecule has 3 amide bonds. The maximum absolute atomic E-state index is 12.9. The van der Waals surface area contributed by atoms with Gasteiger partial charge in [-0.1, -0.05) is 25.0 Å². The average Bonchev–Trinajstić information content (AvgIpc) is 3.28. The number of urea groups is 1. The molecule has 3 aliphatic rings. The Kier molecular flexibility index (Phi) is 3.86. The van der Waals surface area contributed by atoms with Gasteiger partial charge in [0.05, 0.1) is 12.2 Å². The first-order valence-electron chi connectivity index (χ1n) is 8.84. The Morgan fingerprint density at radius 3 is 2.80 bits per heavy atom. The van der Waals surface area contributed by atoms with Crippen LogP contribution in [0.15, 0.2) is 29.3 Å². The fourth-order valence-electron chi connectivity index (χ4n) is 3.88. The highest BCUT2D eigenvalue weighted by atomic mass is 16.2. The van der Waals surface area contributed by atoms with Gasteiger partial charge >= 0.3 is 6.03 Å². The van der Waals surface area contributed by atoms with Crippen LogP contribution in [0.1, 0.15) is 31.2 Å². The number of amides is 3. The molecule has 132 valence electrons. The summed E-state index contributed by atoms with van der Waals surface area (Å²) in [6.07, 6.45) is 3.45. The average molecular weight is 341 g/mol. The summed E-state index contributed by atoms with van der Waals surface area (Å²) in [5.74, 6) is 0.769. The summed E-state index contributed by atoms with van der Waals surface area (Å²) in [4.78, 5) is 33.1. The maximum Gasteiger partial charge on any atom is 0.329 e. The van der Waals surface area contributed by atoms with Gasteiger partial charge in [0.1, 0.15) is 5.54 Å². The Balaban J connectivity index is 1.51. The lowest BCUT2D eigenvalue weighted by molar-refractivity contribution is -0.121. The first kappa shape index (κ1) is 15.9. The Bertz CT molecular complexity index is 739. The van der Waals surface area contributed by atoms with E-state index in [2.05, 4.69) is 20.5 Å². The number of hydrogen-bond acceptors (Lipinski definition) is 5. The highest BCUT2D eigenvalue weighted by molar-refractivity contribution is 6.23. The summed E-state index contributed by atoms with van der Waals surface area (Å²) in [5.41, 5.74) is 0.966. The molecular formula is C18H23N5O2. The monoisotopic (exact) mass is 341 g/mol. The maximum atomic E-state index is 12.9. The zero-order chi connectivity index (χ0) is 17.4. The number of imide groups is 1. The molecule has 0 bridgehead atoms. The number of carbonyl (C=O) groups is 2. The van der Waals surface area contributed by atoms with Crippen molar-refractivity contribution in [2.24, 2.45) is 4.99 Å². The first-order chi connectivity index (χ1) is 12.1. The molecule has 0 atom stereocenters. The number of nitrogens with one attached hydrogen (secondary N) is 2. The molecule has 2 N–H and O–H groups in total. The van der Waals surface area contributed by atoms with E-state index in [1.54, 1.807) is 0 Å². The van der Waals surface area contributed by atoms with Crippen LogP contribution in [0.2, 0.25) is 0 Å². The zero-order valence-electron chi connectivity index (χ0n) is 14.4. The van der Waals surface area contributed by atoms with Gasteiger partial charge in [-0.05, 0) is 30.5 Å². The van der Waals surface area contributed by atoms with Crippen LogP contribution in [0.25, 0.3) is 0 Å². The van der Waals surface area contributed by atoms with Gasteiger partial charge in [-0.3, -0.25) is 9.79 Å². The van der Waals surface area contributed by atoms with Crippen molar-refractivity contribution < 1.29 is 9.59 Å². The number of aliphatic imine (C=N–C) groups is 1. The zero-order valence-corrected chi connectivity index (χ0v) is 14.4. The number of anilines is 1. The standard InChI is InChI=1S/C18H23N5O2/c1-22-10-9-19-16(22)20-12-13-5-4-6-14(11-13)23-15(24)18(21-17(23)25)7-2-3-8-18/h4-6,11H,2-3,7-10,12H2,1H3,(H,19,20)(H,21,25). The second-order valence-electron chi connectivity index (χ2n) is 7.01. The minimum Gasteiger partial charge on any atom is -0.352 e. The number of hydrogen-bond donors (Lipinski definition) is 2. The van der Waals surface area contributed by atoms with Crippen LogP contribution in [-0.2, 0) is 11.3 Å². The van der Waals surface area contributed by atoms with Gasteiger partial charge in [-0.25, -0.2) is 9.69 Å². The Morgan fingerprint density at radius 2 is 2.08 bits per heavy atom. The largest absolute Gasteiger partial charge is 0.352 e. The normalized spacial score (nSPS) is 21.9. The SMILES string of the molecule is CN1CCN=C1NCc1cccc(N2C(=O)NC3(CCCC3)C2=O)c1. The lowest BCUT2D eigenvalue weighted by Crippen LogP contribution is -2.44. The number of nitrogens with zero attached hydrogens (tertiary/aromatic N) is 3. The van der Waals surface area contributed by atoms with E-state index in [1.165, 1.54) is 4.90 Å². The molecular weight excluding hydrogens is 318 g/mol. The Morgan fingerprint density at radius 1 is 1.28 bits per heavy atom. The van der Waals surface area contributed by atoms with Gasteiger partial charge < -0.3 is 15.5 Å². The highest BCUT2D eigenvalue weighted by Crippen LogP contribution is 2.37. The van der Waals surface area contributed by atoms with Crippen molar-refractivity contribution >= 4 is 23.6 Å². The van der Waals surface area contributed by atoms with Crippen LogP contribution in [0.3, 0.4) is 0 Å². The number of likely N-dealkylation sites (N-methyl/N-ethyl adjacent to an activating group) is 1. The van der Waals surface area contributed by atoms with E-state index in [0.717, 1.165) is 50.3 Å². The predicted octanol–water partition coefficient (Wildman–Crippen LogP) is 1.45. The van der Waals surface area contributed by atoms with Crippen LogP contribution >= 0.6 is 0 Å². The Hall–Kier alpha value is -2.57. The molecule has 7 nitrogen and oxygen atoms in total. The van der Waals surface area contributed by atoms with Crippen LogP contribution in [0.4, 0.5) is 10.5 Å². The van der Waals surface area contributed by atoms with E-state index in [4.69, 9.17) is 0 Å². The van der Waals surface area contributed by atoms with E-state index in [9.17, 15) is 9.59 Å². The molecule has 4 rings (SSSR count). The van der Waals surface area contributed by atoms with Gasteiger partial charge in [0, 0.05) is 20.1 Å². The molecule has 1 saturated carbocycles. The first-order valence-corrected chi connectivity index (χ1v) is 8.84. The molecule has 2 heterocycles. The van der Waals surface area contributed by atoms with Gasteiger partial charge in [-0.2, -0.15) is 0 Å². The number of carbonyl (C=O) groups excluding carboxylic acids is 2. The van der Waals surface area contributed by atoms with E-state index in [0.29, 0.717) is 12.2 Å². The molecule has 1 aromatic carbocycles. The predicted molar refractivity (Wildman–Crippen MR) is 95.4 cm³/mol. The van der Waals surface area contributed by atoms with Crippen molar-refractivity contribution in [2.75, 3.05) is 25.0 Å². The summed E-state index contributed by atoms with van der Waals surface area (Å²) < 4.78 is 0. The quantitative estimate of drug-likeness (QED) is 0.816. The van der Waals surface area contributed by atoms with Crippen molar-refractivity contribution in [1.29, 1.82) is 0 Å². The summed E-state index contributed by atoms with van der Waals surface area (Å²) in [5, 5.41) is 6.23. The second-order valence-corrected chi connectivity index (χ2v) is 7.01. The fraction of sp³-hybridized carbons (Fsp3) is 0.500. The van der Waals surface area contributed by atoms with Gasteiger partial charge in [0.25, 0.3) is 5.91 Å². The molecule has 1 aromatic rings. The van der Waals surface area contributed by atoms with Crippen molar-refractivity contribution in [3.8, 4) is 0 Å². The van der Waals surface area contributed by atoms with E-state index < -0.39 is 5.54 Å². The summed E-state index contributed by atoms with van der Waals surface area (Å²) in [6.45, 7) is 2.34. The van der Waals surface area contributed by atoms with E-state index in [1.807, 2.05) is 31.3 Å². The molecule has 1 saturated heterocycles. The number of guanidine groups is 1. The van der Waals surface area contributed by atoms with E-state index >= 15 is 0 Å². The van der Waals surface area contributed by atoms with Crippen molar-refractivity contribution in [3.05, 3.63) is 29.8 Å². The molecule has 7 heteroatoms.